The van der Waals surface area contributed by atoms with Gasteiger partial charge < -0.3 is 5.11 Å². The molecule has 0 aliphatic rings. The lowest BCUT2D eigenvalue weighted by Crippen LogP contribution is -2.17. The minimum Gasteiger partial charge on any atom is -0.512 e. The van der Waals surface area contributed by atoms with E-state index in [2.05, 4.69) is 0 Å². The highest BCUT2D eigenvalue weighted by Crippen LogP contribution is 2.23. The molecule has 0 fully saturated rings. The number of aliphatic hydroxyl groups is 1. The van der Waals surface area contributed by atoms with E-state index in [1.165, 1.54) is 0 Å². The number of ketones is 1. The van der Waals surface area contributed by atoms with Crippen LogP contribution in [0.25, 0.3) is 0 Å². The fourth-order valence-electron chi connectivity index (χ4n) is 1.87. The fourth-order valence-corrected chi connectivity index (χ4v) is 1.87. The highest BCUT2D eigenvalue weighted by molar-refractivity contribution is 5.96. The third kappa shape index (κ3) is 3.66. The highest BCUT2D eigenvalue weighted by Gasteiger charge is 2.21. The Kier molecular flexibility index (Phi) is 4.85. The standard InChI is InChI=1S/C14H26O2/c1-6-11(7-2)13(15)10(5)14(16)12(8-3)9-4/h11-12,15H,6-9H2,1-5H3/b13-10-/i5D3. The van der Waals surface area contributed by atoms with Crippen LogP contribution >= 0.6 is 0 Å². The Morgan fingerprint density at radius 2 is 1.50 bits per heavy atom. The molecule has 2 nitrogen and oxygen atoms in total. The zero-order chi connectivity index (χ0) is 15.2. The summed E-state index contributed by atoms with van der Waals surface area (Å²) in [7, 11) is 0. The molecular weight excluding hydrogens is 200 g/mol. The van der Waals surface area contributed by atoms with E-state index in [1.54, 1.807) is 0 Å². The van der Waals surface area contributed by atoms with Gasteiger partial charge in [0.25, 0.3) is 0 Å². The summed E-state index contributed by atoms with van der Waals surface area (Å²) in [6, 6.07) is 0. The van der Waals surface area contributed by atoms with Gasteiger partial charge in [-0.05, 0) is 32.5 Å². The largest absolute Gasteiger partial charge is 0.512 e. The summed E-state index contributed by atoms with van der Waals surface area (Å²) in [5.41, 5.74) is -0.352. The number of Topliss-reactive ketones (excluding diaryl/α,β-unsaturated/α-hetero) is 1. The molecule has 0 saturated carbocycles. The Morgan fingerprint density at radius 3 is 1.81 bits per heavy atom. The van der Waals surface area contributed by atoms with Gasteiger partial charge in [0, 0.05) is 21.5 Å². The molecule has 0 rings (SSSR count). The van der Waals surface area contributed by atoms with Crippen LogP contribution in [-0.2, 0) is 4.79 Å². The molecule has 0 amide bonds. The first-order chi connectivity index (χ1) is 8.74. The number of carbonyl (C=O) groups excluding carboxylic acids is 1. The van der Waals surface area contributed by atoms with Crippen LogP contribution in [-0.4, -0.2) is 10.9 Å². The van der Waals surface area contributed by atoms with Crippen LogP contribution in [0.1, 0.15) is 64.3 Å². The lowest BCUT2D eigenvalue weighted by molar-refractivity contribution is -0.119. The molecule has 0 bridgehead atoms. The Morgan fingerprint density at radius 1 is 1.06 bits per heavy atom. The van der Waals surface area contributed by atoms with E-state index >= 15 is 0 Å². The van der Waals surface area contributed by atoms with E-state index in [0.717, 1.165) is 0 Å². The van der Waals surface area contributed by atoms with Crippen LogP contribution in [0.3, 0.4) is 0 Å². The smallest absolute Gasteiger partial charge is 0.164 e. The minimum absolute atomic E-state index is 0.234. The van der Waals surface area contributed by atoms with Crippen molar-refractivity contribution in [3.05, 3.63) is 11.3 Å². The zero-order valence-electron chi connectivity index (χ0n) is 13.8. The lowest BCUT2D eigenvalue weighted by atomic mass is 9.89. The topological polar surface area (TPSA) is 37.3 Å². The number of aliphatic hydroxyl groups excluding tert-OH is 1. The van der Waals surface area contributed by atoms with Crippen molar-refractivity contribution in [3.63, 3.8) is 0 Å². The summed E-state index contributed by atoms with van der Waals surface area (Å²) in [6.07, 6.45) is 2.42. The molecule has 16 heavy (non-hydrogen) atoms. The van der Waals surface area contributed by atoms with E-state index in [9.17, 15) is 9.90 Å². The molecule has 0 aromatic rings. The van der Waals surface area contributed by atoms with Crippen LogP contribution in [0.2, 0.25) is 0 Å². The van der Waals surface area contributed by atoms with Gasteiger partial charge in [0.15, 0.2) is 5.78 Å². The van der Waals surface area contributed by atoms with Crippen LogP contribution in [0, 0.1) is 11.8 Å². The fraction of sp³-hybridized carbons (Fsp3) is 0.786. The summed E-state index contributed by atoms with van der Waals surface area (Å²) >= 11 is 0. The average molecular weight is 229 g/mol. The van der Waals surface area contributed by atoms with Crippen LogP contribution in [0.4, 0.5) is 0 Å². The maximum Gasteiger partial charge on any atom is 0.164 e. The quantitative estimate of drug-likeness (QED) is 0.523. The van der Waals surface area contributed by atoms with Crippen molar-refractivity contribution in [2.75, 3.05) is 0 Å². The molecule has 0 heterocycles. The van der Waals surface area contributed by atoms with Crippen molar-refractivity contribution in [1.82, 2.24) is 0 Å². The van der Waals surface area contributed by atoms with Gasteiger partial charge in [-0.15, -0.1) is 0 Å². The molecule has 0 radical (unpaired) electrons. The number of carbonyl (C=O) groups is 1. The van der Waals surface area contributed by atoms with Crippen molar-refractivity contribution in [2.45, 2.75) is 60.2 Å². The third-order valence-electron chi connectivity index (χ3n) is 3.23. The Balaban J connectivity index is 5.70. The van der Waals surface area contributed by atoms with Crippen LogP contribution < -0.4 is 0 Å². The molecular formula is C14H26O2. The lowest BCUT2D eigenvalue weighted by Gasteiger charge is -2.17. The Hall–Kier alpha value is -0.790. The molecule has 0 atom stereocenters. The van der Waals surface area contributed by atoms with Gasteiger partial charge in [-0.1, -0.05) is 27.7 Å². The maximum atomic E-state index is 12.4. The number of hydrogen-bond donors (Lipinski definition) is 1. The predicted octanol–water partition coefficient (Wildman–Crippen LogP) is 4.26. The van der Waals surface area contributed by atoms with Crippen molar-refractivity contribution in [2.24, 2.45) is 11.8 Å². The van der Waals surface area contributed by atoms with Crippen molar-refractivity contribution in [3.8, 4) is 0 Å². The SMILES string of the molecule is [2H]C([2H])([2H])/C(C(=O)C(CC)CC)=C(/O)C(CC)CC. The van der Waals surface area contributed by atoms with Crippen molar-refractivity contribution < 1.29 is 14.0 Å². The minimum atomic E-state index is -2.55. The molecule has 0 unspecified atom stereocenters. The Bertz CT molecular complexity index is 324. The molecule has 0 aliphatic heterocycles. The first-order valence-electron chi connectivity index (χ1n) is 7.72. The van der Waals surface area contributed by atoms with Gasteiger partial charge >= 0.3 is 0 Å². The number of rotatable bonds is 7. The molecule has 2 heteroatoms. The summed E-state index contributed by atoms with van der Waals surface area (Å²) in [5.74, 6) is -1.24. The molecule has 0 saturated heterocycles. The van der Waals surface area contributed by atoms with E-state index in [0.29, 0.717) is 25.7 Å². The van der Waals surface area contributed by atoms with Crippen molar-refractivity contribution >= 4 is 5.78 Å². The molecule has 94 valence electrons. The van der Waals surface area contributed by atoms with Gasteiger partial charge in [-0.25, -0.2) is 0 Å². The molecule has 0 aromatic heterocycles. The maximum absolute atomic E-state index is 12.4. The predicted molar refractivity (Wildman–Crippen MR) is 68.5 cm³/mol. The number of hydrogen-bond acceptors (Lipinski definition) is 2. The Labute approximate surface area is 104 Å². The second kappa shape index (κ2) is 7.48. The first kappa shape index (κ1) is 10.4. The monoisotopic (exact) mass is 229 g/mol. The van der Waals surface area contributed by atoms with Gasteiger partial charge in [-0.3, -0.25) is 4.79 Å². The second-order valence-electron chi connectivity index (χ2n) is 4.15. The summed E-state index contributed by atoms with van der Waals surface area (Å²) in [5, 5.41) is 10.2. The summed E-state index contributed by atoms with van der Waals surface area (Å²) < 4.78 is 22.6. The second-order valence-corrected chi connectivity index (χ2v) is 4.15. The van der Waals surface area contributed by atoms with Gasteiger partial charge in [0.05, 0.1) is 0 Å². The normalized spacial score (nSPS) is 16.8. The first-order valence-corrected chi connectivity index (χ1v) is 6.22. The molecule has 1 N–H and O–H groups in total. The van der Waals surface area contributed by atoms with Gasteiger partial charge in [0.1, 0.15) is 5.76 Å². The number of allylic oxidation sites excluding steroid dienone is 2. The van der Waals surface area contributed by atoms with Gasteiger partial charge in [-0.2, -0.15) is 0 Å². The van der Waals surface area contributed by atoms with E-state index in [4.69, 9.17) is 4.11 Å². The van der Waals surface area contributed by atoms with Gasteiger partial charge in [0.2, 0.25) is 0 Å². The summed E-state index contributed by atoms with van der Waals surface area (Å²) in [4.78, 5) is 12.4. The summed E-state index contributed by atoms with van der Waals surface area (Å²) in [6.45, 7) is 4.92. The average Bonchev–Trinajstić information content (AvgIpc) is 2.30. The van der Waals surface area contributed by atoms with E-state index in [1.807, 2.05) is 27.7 Å². The van der Waals surface area contributed by atoms with Crippen LogP contribution in [0.5, 0.6) is 0 Å². The van der Waals surface area contributed by atoms with E-state index in [-0.39, 0.29) is 23.2 Å². The third-order valence-corrected chi connectivity index (χ3v) is 3.23. The van der Waals surface area contributed by atoms with Crippen molar-refractivity contribution in [1.29, 1.82) is 0 Å². The van der Waals surface area contributed by atoms with E-state index < -0.39 is 12.6 Å². The highest BCUT2D eigenvalue weighted by atomic mass is 16.3. The molecule has 0 aromatic carbocycles. The zero-order valence-corrected chi connectivity index (χ0v) is 10.8. The molecule has 0 aliphatic carbocycles. The molecule has 0 spiro atoms. The van der Waals surface area contributed by atoms with Crippen LogP contribution in [0.15, 0.2) is 11.3 Å².